The summed E-state index contributed by atoms with van der Waals surface area (Å²) in [5, 5.41) is 8.20. The Balaban J connectivity index is 1.24. The Morgan fingerprint density at radius 1 is 1.09 bits per heavy atom. The highest BCUT2D eigenvalue weighted by Crippen LogP contribution is 2.42. The van der Waals surface area contributed by atoms with Gasteiger partial charge in [0, 0.05) is 88.3 Å². The average molecular weight is 591 g/mol. The minimum atomic E-state index is -0.312. The number of anilines is 1. The van der Waals surface area contributed by atoms with E-state index in [2.05, 4.69) is 59.0 Å². The molecule has 43 heavy (non-hydrogen) atoms. The summed E-state index contributed by atoms with van der Waals surface area (Å²) in [6.07, 6.45) is 2.12. The van der Waals surface area contributed by atoms with Gasteiger partial charge in [0.1, 0.15) is 12.1 Å². The molecule has 2 aromatic heterocycles. The van der Waals surface area contributed by atoms with Crippen molar-refractivity contribution in [3.8, 4) is 0 Å². The minimum absolute atomic E-state index is 0.0765. The Hall–Kier alpha value is -3.41. The van der Waals surface area contributed by atoms with Crippen molar-refractivity contribution in [2.45, 2.75) is 64.6 Å². The molecular weight excluding hydrogens is 547 g/mol. The van der Waals surface area contributed by atoms with Gasteiger partial charge in [0.05, 0.1) is 17.9 Å². The molecule has 5 heterocycles. The predicted octanol–water partition coefficient (Wildman–Crippen LogP) is 2.30. The highest BCUT2D eigenvalue weighted by Gasteiger charge is 2.42. The molecular formula is C32H43FN8O2. The fraction of sp³-hybridized carbons (Fsp3) is 0.562. The second-order valence-corrected chi connectivity index (χ2v) is 13.3. The van der Waals surface area contributed by atoms with Crippen LogP contribution < -0.4 is 10.2 Å². The van der Waals surface area contributed by atoms with E-state index in [-0.39, 0.29) is 41.2 Å². The largest absolute Gasteiger partial charge is 0.340 e. The van der Waals surface area contributed by atoms with Gasteiger partial charge in [-0.15, -0.1) is 0 Å². The number of pyridine rings is 1. The Morgan fingerprint density at radius 3 is 2.58 bits per heavy atom. The van der Waals surface area contributed by atoms with Crippen molar-refractivity contribution in [1.82, 2.24) is 34.6 Å². The fourth-order valence-corrected chi connectivity index (χ4v) is 7.09. The van der Waals surface area contributed by atoms with Crippen LogP contribution in [0, 0.1) is 5.82 Å². The lowest BCUT2D eigenvalue weighted by Gasteiger charge is -2.45. The third-order valence-electron chi connectivity index (χ3n) is 9.42. The van der Waals surface area contributed by atoms with Crippen LogP contribution in [0.25, 0.3) is 5.65 Å². The van der Waals surface area contributed by atoms with Gasteiger partial charge < -0.3 is 15.1 Å². The molecule has 1 aromatic carbocycles. The standard InChI is InChI=1S/C32H43FN8O2/c1-21-15-39(27(14-34-21)17-37-10-11-38(23(3)42)16-22(37)2)18-29(43)40-19-32(4,5)30-28(40)13-25(31-35-20-36-41(30)31)12-24-6-8-26(33)9-7-24/h6-9,13,20-22,27,34H,10-12,14-19H2,1-5H3/t21-,22-,27-/m1/s1. The fourth-order valence-electron chi connectivity index (χ4n) is 7.09. The molecule has 6 rings (SSSR count). The van der Waals surface area contributed by atoms with Crippen molar-refractivity contribution in [2.75, 3.05) is 57.3 Å². The molecule has 0 aliphatic carbocycles. The van der Waals surface area contributed by atoms with Crippen LogP contribution >= 0.6 is 0 Å². The molecule has 1 N–H and O–H groups in total. The van der Waals surface area contributed by atoms with Gasteiger partial charge in [0.2, 0.25) is 11.8 Å². The van der Waals surface area contributed by atoms with Gasteiger partial charge in [0.25, 0.3) is 0 Å². The molecule has 2 amide bonds. The van der Waals surface area contributed by atoms with E-state index in [0.29, 0.717) is 19.5 Å². The van der Waals surface area contributed by atoms with Crippen molar-refractivity contribution < 1.29 is 14.0 Å². The molecule has 0 spiro atoms. The number of piperazine rings is 2. The third kappa shape index (κ3) is 5.90. The molecule has 11 heteroatoms. The van der Waals surface area contributed by atoms with Crippen LogP contribution in [0.2, 0.25) is 0 Å². The first kappa shape index (κ1) is 29.7. The Bertz CT molecular complexity index is 1510. The summed E-state index contributed by atoms with van der Waals surface area (Å²) in [6.45, 7) is 16.0. The van der Waals surface area contributed by atoms with Gasteiger partial charge >= 0.3 is 0 Å². The Morgan fingerprint density at radius 2 is 1.86 bits per heavy atom. The zero-order valence-electron chi connectivity index (χ0n) is 25.9. The van der Waals surface area contributed by atoms with E-state index in [9.17, 15) is 14.0 Å². The number of carbonyl (C=O) groups is 2. The van der Waals surface area contributed by atoms with Crippen LogP contribution in [0.15, 0.2) is 36.7 Å². The summed E-state index contributed by atoms with van der Waals surface area (Å²) in [6, 6.07) is 9.34. The van der Waals surface area contributed by atoms with Crippen LogP contribution in [0.5, 0.6) is 0 Å². The molecule has 3 atom stereocenters. The summed E-state index contributed by atoms with van der Waals surface area (Å²) in [5.41, 5.74) is 4.23. The van der Waals surface area contributed by atoms with Crippen molar-refractivity contribution in [3.63, 3.8) is 0 Å². The number of amides is 2. The number of nitrogens with zero attached hydrogens (tertiary/aromatic N) is 7. The van der Waals surface area contributed by atoms with E-state index >= 15 is 0 Å². The minimum Gasteiger partial charge on any atom is -0.340 e. The van der Waals surface area contributed by atoms with Crippen molar-refractivity contribution in [2.24, 2.45) is 0 Å². The number of fused-ring (bicyclic) bond motifs is 3. The molecule has 3 aromatic rings. The lowest BCUT2D eigenvalue weighted by Crippen LogP contribution is -2.63. The Labute approximate surface area is 252 Å². The Kier molecular flexibility index (Phi) is 7.99. The summed E-state index contributed by atoms with van der Waals surface area (Å²) in [4.78, 5) is 39.3. The molecule has 0 saturated carbocycles. The van der Waals surface area contributed by atoms with Gasteiger partial charge in [-0.1, -0.05) is 26.0 Å². The lowest BCUT2D eigenvalue weighted by atomic mass is 9.90. The number of hydrogen-bond donors (Lipinski definition) is 1. The SMILES string of the molecule is CC(=O)N1CCN(C[C@H]2CN[C@H](C)CN2CC(=O)N2CC(C)(C)c3c2cc(Cc2ccc(F)cc2)c2ncnn32)[C@H](C)C1. The van der Waals surface area contributed by atoms with E-state index in [1.54, 1.807) is 25.4 Å². The molecule has 2 fully saturated rings. The van der Waals surface area contributed by atoms with Gasteiger partial charge in [0.15, 0.2) is 5.65 Å². The summed E-state index contributed by atoms with van der Waals surface area (Å²) in [5.74, 6) is -0.0607. The topological polar surface area (TPSA) is 89.3 Å². The highest BCUT2D eigenvalue weighted by molar-refractivity contribution is 5.97. The maximum absolute atomic E-state index is 14.2. The van der Waals surface area contributed by atoms with E-state index < -0.39 is 0 Å². The predicted molar refractivity (Wildman–Crippen MR) is 164 cm³/mol. The molecule has 0 unspecified atom stereocenters. The smallest absolute Gasteiger partial charge is 0.241 e. The van der Waals surface area contributed by atoms with Crippen LogP contribution in [0.3, 0.4) is 0 Å². The van der Waals surface area contributed by atoms with Crippen molar-refractivity contribution >= 4 is 23.1 Å². The second-order valence-electron chi connectivity index (χ2n) is 13.3. The quantitative estimate of drug-likeness (QED) is 0.472. The van der Waals surface area contributed by atoms with Gasteiger partial charge in [-0.05, 0) is 37.6 Å². The van der Waals surface area contributed by atoms with E-state index in [1.165, 1.54) is 12.1 Å². The van der Waals surface area contributed by atoms with E-state index in [0.717, 1.165) is 67.4 Å². The van der Waals surface area contributed by atoms with Crippen molar-refractivity contribution in [1.29, 1.82) is 0 Å². The zero-order valence-corrected chi connectivity index (χ0v) is 25.9. The van der Waals surface area contributed by atoms with E-state index in [4.69, 9.17) is 0 Å². The zero-order chi connectivity index (χ0) is 30.5. The number of halogens is 1. The van der Waals surface area contributed by atoms with Crippen molar-refractivity contribution in [3.05, 3.63) is 59.3 Å². The maximum Gasteiger partial charge on any atom is 0.241 e. The normalized spacial score (nSPS) is 24.5. The number of aromatic nitrogens is 3. The molecule has 0 radical (unpaired) electrons. The molecule has 10 nitrogen and oxygen atoms in total. The number of nitrogens with one attached hydrogen (secondary N) is 1. The van der Waals surface area contributed by atoms with Crippen LogP contribution in [-0.4, -0.2) is 112 Å². The van der Waals surface area contributed by atoms with Crippen LogP contribution in [0.1, 0.15) is 51.4 Å². The average Bonchev–Trinajstić information content (AvgIpc) is 3.54. The molecule has 230 valence electrons. The molecule has 3 aliphatic heterocycles. The number of rotatable bonds is 6. The third-order valence-corrected chi connectivity index (χ3v) is 9.42. The monoisotopic (exact) mass is 590 g/mol. The van der Waals surface area contributed by atoms with E-state index in [1.807, 2.05) is 14.3 Å². The van der Waals surface area contributed by atoms with Crippen LogP contribution in [-0.2, 0) is 21.4 Å². The highest BCUT2D eigenvalue weighted by atomic mass is 19.1. The number of benzene rings is 1. The molecule has 2 saturated heterocycles. The van der Waals surface area contributed by atoms with Gasteiger partial charge in [-0.3, -0.25) is 19.4 Å². The van der Waals surface area contributed by atoms with Crippen LogP contribution in [0.4, 0.5) is 10.1 Å². The summed E-state index contributed by atoms with van der Waals surface area (Å²) < 4.78 is 15.5. The van der Waals surface area contributed by atoms with Gasteiger partial charge in [-0.2, -0.15) is 5.10 Å². The first-order chi connectivity index (χ1) is 20.5. The lowest BCUT2D eigenvalue weighted by molar-refractivity contribution is -0.132. The number of hydrogen-bond acceptors (Lipinski definition) is 7. The molecule has 3 aliphatic rings. The first-order valence-electron chi connectivity index (χ1n) is 15.4. The second kappa shape index (κ2) is 11.6. The summed E-state index contributed by atoms with van der Waals surface area (Å²) in [7, 11) is 0. The summed E-state index contributed by atoms with van der Waals surface area (Å²) >= 11 is 0. The molecule has 0 bridgehead atoms. The first-order valence-corrected chi connectivity index (χ1v) is 15.4. The number of carbonyl (C=O) groups excluding carboxylic acids is 2. The maximum atomic E-state index is 14.2. The van der Waals surface area contributed by atoms with Gasteiger partial charge in [-0.25, -0.2) is 13.9 Å².